The molecule has 0 radical (unpaired) electrons. The molecule has 8 heteroatoms. The van der Waals surface area contributed by atoms with Gasteiger partial charge in [0.15, 0.2) is 0 Å². The zero-order valence-electron chi connectivity index (χ0n) is 12.9. The van der Waals surface area contributed by atoms with Crippen molar-refractivity contribution in [3.8, 4) is 5.69 Å². The minimum atomic E-state index is -0.639. The Morgan fingerprint density at radius 1 is 0.880 bits per heavy atom. The van der Waals surface area contributed by atoms with E-state index in [0.717, 1.165) is 10.3 Å². The van der Waals surface area contributed by atoms with Gasteiger partial charge in [-0.3, -0.25) is 4.57 Å². The highest BCUT2D eigenvalue weighted by molar-refractivity contribution is 6.31. The van der Waals surface area contributed by atoms with Crippen molar-refractivity contribution in [2.24, 2.45) is 0 Å². The fraction of sp³-hybridized carbons (Fsp3) is 0.118. The lowest BCUT2D eigenvalue weighted by Gasteiger charge is -2.17. The van der Waals surface area contributed by atoms with Crippen molar-refractivity contribution in [2.75, 3.05) is 11.4 Å². The number of aromatic nitrogens is 3. The first-order valence-corrected chi connectivity index (χ1v) is 8.33. The molecule has 2 aromatic carbocycles. The second kappa shape index (κ2) is 6.06. The Labute approximate surface area is 152 Å². The second-order valence-electron chi connectivity index (χ2n) is 5.57. The van der Waals surface area contributed by atoms with Crippen LogP contribution in [0.3, 0.4) is 0 Å². The van der Waals surface area contributed by atoms with Gasteiger partial charge in [-0.1, -0.05) is 29.3 Å². The molecule has 0 saturated heterocycles. The fourth-order valence-electron chi connectivity index (χ4n) is 2.89. The summed E-state index contributed by atoms with van der Waals surface area (Å²) in [5.41, 5.74) is 0.144. The molecule has 25 heavy (non-hydrogen) atoms. The monoisotopic (exact) mass is 374 g/mol. The summed E-state index contributed by atoms with van der Waals surface area (Å²) in [7, 11) is 0. The molecule has 0 atom stereocenters. The van der Waals surface area contributed by atoms with Gasteiger partial charge < -0.3 is 4.90 Å². The molecule has 1 aliphatic rings. The first kappa shape index (κ1) is 15.9. The summed E-state index contributed by atoms with van der Waals surface area (Å²) < 4.78 is 2.51. The van der Waals surface area contributed by atoms with E-state index in [-0.39, 0.29) is 0 Å². The molecular formula is C17H12Cl2N4O2. The zero-order valence-corrected chi connectivity index (χ0v) is 14.4. The summed E-state index contributed by atoms with van der Waals surface area (Å²) in [4.78, 5) is 31.3. The van der Waals surface area contributed by atoms with Crippen LogP contribution >= 0.6 is 23.2 Å². The Hall–Kier alpha value is -2.57. The zero-order chi connectivity index (χ0) is 17.6. The summed E-state index contributed by atoms with van der Waals surface area (Å²) in [6, 6.07) is 13.7. The Kier molecular flexibility index (Phi) is 3.86. The third-order valence-electron chi connectivity index (χ3n) is 4.04. The molecule has 0 amide bonds. The van der Waals surface area contributed by atoms with Gasteiger partial charge in [0.1, 0.15) is 0 Å². The number of halogens is 2. The number of anilines is 2. The standard InChI is InChI=1S/C17H12Cl2N4O2/c18-11-4-6-13(7-5-11)21-8-9-22-15(21)20-16(24)23(17(22)25)14-3-1-2-12(19)10-14/h1-7,10H,8-9H2. The average molecular weight is 375 g/mol. The van der Waals surface area contributed by atoms with Crippen LogP contribution in [-0.4, -0.2) is 20.7 Å². The largest absolute Gasteiger partial charge is 0.359 e. The van der Waals surface area contributed by atoms with E-state index in [9.17, 15) is 9.59 Å². The minimum Gasteiger partial charge on any atom is -0.310 e. The van der Waals surface area contributed by atoms with Crippen molar-refractivity contribution in [2.45, 2.75) is 6.54 Å². The van der Waals surface area contributed by atoms with Crippen molar-refractivity contribution in [3.05, 3.63) is 79.5 Å². The minimum absolute atomic E-state index is 0.329. The van der Waals surface area contributed by atoms with Crippen LogP contribution in [-0.2, 0) is 6.54 Å². The van der Waals surface area contributed by atoms with E-state index in [2.05, 4.69) is 4.98 Å². The van der Waals surface area contributed by atoms with Gasteiger partial charge in [0.25, 0.3) is 0 Å². The van der Waals surface area contributed by atoms with Gasteiger partial charge in [0.05, 0.1) is 5.69 Å². The highest BCUT2D eigenvalue weighted by Gasteiger charge is 2.26. The number of nitrogens with zero attached hydrogens (tertiary/aromatic N) is 4. The number of rotatable bonds is 2. The fourth-order valence-corrected chi connectivity index (χ4v) is 3.20. The molecule has 2 heterocycles. The number of fused-ring (bicyclic) bond motifs is 1. The topological polar surface area (TPSA) is 60.1 Å². The Balaban J connectivity index is 1.86. The molecule has 3 aromatic rings. The summed E-state index contributed by atoms with van der Waals surface area (Å²) in [5, 5.41) is 1.06. The first-order chi connectivity index (χ1) is 12.0. The van der Waals surface area contributed by atoms with Gasteiger partial charge in [0, 0.05) is 28.8 Å². The summed E-state index contributed by atoms with van der Waals surface area (Å²) in [6.45, 7) is 0.980. The third-order valence-corrected chi connectivity index (χ3v) is 4.53. The Morgan fingerprint density at radius 3 is 2.36 bits per heavy atom. The number of benzene rings is 2. The van der Waals surface area contributed by atoms with Crippen LogP contribution in [0.2, 0.25) is 10.0 Å². The molecule has 0 N–H and O–H groups in total. The van der Waals surface area contributed by atoms with E-state index < -0.39 is 11.4 Å². The molecule has 4 rings (SSSR count). The van der Waals surface area contributed by atoms with E-state index in [4.69, 9.17) is 23.2 Å². The van der Waals surface area contributed by atoms with Gasteiger partial charge >= 0.3 is 11.4 Å². The maximum Gasteiger partial charge on any atom is 0.359 e. The van der Waals surface area contributed by atoms with Gasteiger partial charge in [-0.25, -0.2) is 14.2 Å². The lowest BCUT2D eigenvalue weighted by Crippen LogP contribution is -2.40. The maximum atomic E-state index is 12.8. The molecule has 0 bridgehead atoms. The normalized spacial score (nSPS) is 13.1. The average Bonchev–Trinajstić information content (AvgIpc) is 3.00. The summed E-state index contributed by atoms with van der Waals surface area (Å²) in [6.07, 6.45) is 0. The van der Waals surface area contributed by atoms with Crippen LogP contribution in [0, 0.1) is 0 Å². The predicted molar refractivity (Wildman–Crippen MR) is 97.6 cm³/mol. The molecule has 0 fully saturated rings. The summed E-state index contributed by atoms with van der Waals surface area (Å²) in [5.74, 6) is 0.329. The van der Waals surface area contributed by atoms with E-state index in [1.54, 1.807) is 36.4 Å². The highest BCUT2D eigenvalue weighted by Crippen LogP contribution is 2.27. The Morgan fingerprint density at radius 2 is 1.64 bits per heavy atom. The molecule has 0 saturated carbocycles. The van der Waals surface area contributed by atoms with Crippen LogP contribution < -0.4 is 16.3 Å². The van der Waals surface area contributed by atoms with Crippen LogP contribution in [0.5, 0.6) is 0 Å². The third kappa shape index (κ3) is 2.73. The molecule has 0 spiro atoms. The molecule has 6 nitrogen and oxygen atoms in total. The molecule has 1 aromatic heterocycles. The van der Waals surface area contributed by atoms with Crippen LogP contribution in [0.1, 0.15) is 0 Å². The SMILES string of the molecule is O=c1nc2n(c(=O)n1-c1cccc(Cl)c1)CCN2c1ccc(Cl)cc1. The second-order valence-corrected chi connectivity index (χ2v) is 6.44. The quantitative estimate of drug-likeness (QED) is 0.691. The van der Waals surface area contributed by atoms with Crippen molar-refractivity contribution in [1.29, 1.82) is 0 Å². The maximum absolute atomic E-state index is 12.8. The van der Waals surface area contributed by atoms with Crippen molar-refractivity contribution in [1.82, 2.24) is 14.1 Å². The van der Waals surface area contributed by atoms with E-state index in [1.165, 1.54) is 4.57 Å². The molecular weight excluding hydrogens is 363 g/mol. The van der Waals surface area contributed by atoms with E-state index in [0.29, 0.717) is 34.8 Å². The van der Waals surface area contributed by atoms with Gasteiger partial charge in [-0.2, -0.15) is 4.98 Å². The Bertz CT molecular complexity index is 1070. The van der Waals surface area contributed by atoms with Crippen LogP contribution in [0.4, 0.5) is 11.6 Å². The van der Waals surface area contributed by atoms with Crippen LogP contribution in [0.25, 0.3) is 5.69 Å². The van der Waals surface area contributed by atoms with Crippen LogP contribution in [0.15, 0.2) is 58.1 Å². The molecule has 0 unspecified atom stereocenters. The van der Waals surface area contributed by atoms with Gasteiger partial charge in [0.2, 0.25) is 5.95 Å². The highest BCUT2D eigenvalue weighted by atomic mass is 35.5. The van der Waals surface area contributed by atoms with E-state index >= 15 is 0 Å². The van der Waals surface area contributed by atoms with Gasteiger partial charge in [-0.05, 0) is 42.5 Å². The lowest BCUT2D eigenvalue weighted by molar-refractivity contribution is 0.672. The molecule has 0 aliphatic carbocycles. The number of hydrogen-bond donors (Lipinski definition) is 0. The van der Waals surface area contributed by atoms with Crippen molar-refractivity contribution < 1.29 is 0 Å². The first-order valence-electron chi connectivity index (χ1n) is 7.57. The predicted octanol–water partition coefficient (Wildman–Crippen LogP) is 2.85. The van der Waals surface area contributed by atoms with Crippen molar-refractivity contribution >= 4 is 34.8 Å². The van der Waals surface area contributed by atoms with Crippen molar-refractivity contribution in [3.63, 3.8) is 0 Å². The smallest absolute Gasteiger partial charge is 0.310 e. The van der Waals surface area contributed by atoms with E-state index in [1.807, 2.05) is 17.0 Å². The molecule has 1 aliphatic heterocycles. The van der Waals surface area contributed by atoms with Gasteiger partial charge in [-0.15, -0.1) is 0 Å². The lowest BCUT2D eigenvalue weighted by atomic mass is 10.3. The summed E-state index contributed by atoms with van der Waals surface area (Å²) >= 11 is 11.9. The molecule has 126 valence electrons. The number of hydrogen-bond acceptors (Lipinski definition) is 4.